The van der Waals surface area contributed by atoms with Gasteiger partial charge < -0.3 is 26.1 Å². The van der Waals surface area contributed by atoms with Crippen LogP contribution in [-0.4, -0.2) is 52.8 Å². The number of rotatable bonds is 9. The molecule has 1 aliphatic rings. The minimum Gasteiger partial charge on any atom is -0.457 e. The summed E-state index contributed by atoms with van der Waals surface area (Å²) in [6, 6.07) is 14.3. The Bertz CT molecular complexity index is 1670. The molecule has 2 aromatic carbocycles. The van der Waals surface area contributed by atoms with Crippen molar-refractivity contribution in [3.63, 3.8) is 0 Å². The molecule has 4 aromatic rings. The van der Waals surface area contributed by atoms with Crippen LogP contribution in [0.3, 0.4) is 0 Å². The van der Waals surface area contributed by atoms with Crippen molar-refractivity contribution in [2.24, 2.45) is 23.3 Å². The zero-order valence-electron chi connectivity index (χ0n) is 23.4. The molecule has 1 aliphatic heterocycles. The quantitative estimate of drug-likeness (QED) is 0.117. The van der Waals surface area contributed by atoms with Gasteiger partial charge in [0.25, 0.3) is 0 Å². The Labute approximate surface area is 254 Å². The van der Waals surface area contributed by atoms with Gasteiger partial charge in [-0.05, 0) is 73.8 Å². The molecule has 0 aliphatic carbocycles. The summed E-state index contributed by atoms with van der Waals surface area (Å²) in [7, 11) is 0. The number of nitrogens with one attached hydrogen (secondary N) is 3. The molecule has 218 valence electrons. The molecule has 0 amide bonds. The van der Waals surface area contributed by atoms with Crippen LogP contribution in [0.2, 0.25) is 10.0 Å². The number of aromatic nitrogens is 2. The zero-order chi connectivity index (χ0) is 30.0. The van der Waals surface area contributed by atoms with Crippen molar-refractivity contribution in [3.8, 4) is 0 Å². The van der Waals surface area contributed by atoms with Crippen molar-refractivity contribution in [1.29, 1.82) is 10.8 Å². The average molecular weight is 607 g/mol. The van der Waals surface area contributed by atoms with Crippen LogP contribution in [0.25, 0.3) is 17.0 Å². The average Bonchev–Trinajstić information content (AvgIpc) is 3.55. The van der Waals surface area contributed by atoms with E-state index in [1.807, 2.05) is 37.3 Å². The predicted molar refractivity (Wildman–Crippen MR) is 171 cm³/mol. The summed E-state index contributed by atoms with van der Waals surface area (Å²) >= 11 is 12.3. The van der Waals surface area contributed by atoms with E-state index in [1.165, 1.54) is 4.90 Å². The predicted octanol–water partition coefficient (Wildman–Crippen LogP) is 5.85. The van der Waals surface area contributed by atoms with Crippen LogP contribution < -0.4 is 21.7 Å². The molecule has 2 unspecified atom stereocenters. The van der Waals surface area contributed by atoms with Gasteiger partial charge in [0, 0.05) is 42.3 Å². The number of nitrogens with two attached hydrogens (primary N) is 2. The van der Waals surface area contributed by atoms with Gasteiger partial charge in [-0.2, -0.15) is 4.98 Å². The van der Waals surface area contributed by atoms with E-state index in [1.54, 1.807) is 24.3 Å². The molecule has 2 atom stereocenters. The fourth-order valence-electron chi connectivity index (χ4n) is 5.18. The van der Waals surface area contributed by atoms with Gasteiger partial charge in [0.2, 0.25) is 5.95 Å². The summed E-state index contributed by atoms with van der Waals surface area (Å²) < 4.78 is 6.01. The van der Waals surface area contributed by atoms with E-state index in [9.17, 15) is 0 Å². The number of halogens is 2. The Morgan fingerprint density at radius 2 is 1.90 bits per heavy atom. The number of nitrogens with zero attached hydrogens (tertiary/aromatic N) is 4. The molecule has 0 saturated carbocycles. The second-order valence-electron chi connectivity index (χ2n) is 10.3. The highest BCUT2D eigenvalue weighted by Crippen LogP contribution is 2.31. The molecule has 0 bridgehead atoms. The molecular weight excluding hydrogens is 573 g/mol. The molecule has 42 heavy (non-hydrogen) atoms. The van der Waals surface area contributed by atoms with Gasteiger partial charge in [0.1, 0.15) is 23.0 Å². The maximum Gasteiger partial charge on any atom is 0.239 e. The Kier molecular flexibility index (Phi) is 8.67. The Morgan fingerprint density at radius 3 is 2.62 bits per heavy atom. The van der Waals surface area contributed by atoms with E-state index >= 15 is 0 Å². The summed E-state index contributed by atoms with van der Waals surface area (Å²) in [5.41, 5.74) is 14.3. The van der Waals surface area contributed by atoms with Crippen molar-refractivity contribution < 1.29 is 4.42 Å². The number of guanidine groups is 1. The smallest absolute Gasteiger partial charge is 0.239 e. The van der Waals surface area contributed by atoms with E-state index < -0.39 is 0 Å². The molecule has 10 nitrogen and oxygen atoms in total. The SMILES string of the molecule is CCN1CC(/C=C/c2cc3cc(C(=N)N)ccc3o2)C(CNc2cc(C)nc(N(C(=N)N)c3ccc(Cl)c(Cl)c3)n2)C1. The number of aryl methyl sites for hydroxylation is 1. The number of anilines is 3. The van der Waals surface area contributed by atoms with E-state index in [0.717, 1.165) is 42.1 Å². The normalized spacial score (nSPS) is 17.2. The number of hydrogen-bond donors (Lipinski definition) is 5. The fraction of sp³-hybridized carbons (Fsp3) is 0.267. The molecule has 1 fully saturated rings. The molecule has 5 rings (SSSR count). The van der Waals surface area contributed by atoms with Gasteiger partial charge in [-0.3, -0.25) is 10.8 Å². The minimum atomic E-state index is -0.243. The molecular formula is C30H33Cl2N9O. The van der Waals surface area contributed by atoms with Crippen molar-refractivity contribution in [2.75, 3.05) is 36.4 Å². The molecule has 0 spiro atoms. The third kappa shape index (κ3) is 6.51. The largest absolute Gasteiger partial charge is 0.457 e. The number of furan rings is 1. The Balaban J connectivity index is 1.33. The zero-order valence-corrected chi connectivity index (χ0v) is 24.9. The van der Waals surface area contributed by atoms with E-state index in [-0.39, 0.29) is 17.7 Å². The van der Waals surface area contributed by atoms with Crippen LogP contribution in [0.15, 0.2) is 59.0 Å². The van der Waals surface area contributed by atoms with Crippen molar-refractivity contribution in [1.82, 2.24) is 14.9 Å². The minimum absolute atomic E-state index is 0.0329. The summed E-state index contributed by atoms with van der Waals surface area (Å²) in [5.74, 6) is 2.07. The lowest BCUT2D eigenvalue weighted by Crippen LogP contribution is -2.34. The number of nitrogen functional groups attached to an aromatic ring is 1. The van der Waals surface area contributed by atoms with Gasteiger partial charge in [-0.25, -0.2) is 9.88 Å². The number of fused-ring (bicyclic) bond motifs is 1. The van der Waals surface area contributed by atoms with Gasteiger partial charge in [-0.1, -0.05) is 36.2 Å². The van der Waals surface area contributed by atoms with Gasteiger partial charge in [0.15, 0.2) is 5.96 Å². The van der Waals surface area contributed by atoms with Crippen LogP contribution >= 0.6 is 23.2 Å². The maximum absolute atomic E-state index is 8.17. The molecule has 0 radical (unpaired) electrons. The molecule has 1 saturated heterocycles. The van der Waals surface area contributed by atoms with Gasteiger partial charge in [-0.15, -0.1) is 0 Å². The van der Waals surface area contributed by atoms with E-state index in [0.29, 0.717) is 45.5 Å². The summed E-state index contributed by atoms with van der Waals surface area (Å²) in [6.07, 6.45) is 4.24. The highest BCUT2D eigenvalue weighted by atomic mass is 35.5. The van der Waals surface area contributed by atoms with Crippen molar-refractivity contribution >= 4 is 69.5 Å². The van der Waals surface area contributed by atoms with Crippen molar-refractivity contribution in [2.45, 2.75) is 13.8 Å². The van der Waals surface area contributed by atoms with E-state index in [4.69, 9.17) is 49.9 Å². The van der Waals surface area contributed by atoms with Gasteiger partial charge in [0.05, 0.1) is 15.7 Å². The molecule has 12 heteroatoms. The topological polar surface area (TPSA) is 157 Å². The maximum atomic E-state index is 8.17. The lowest BCUT2D eigenvalue weighted by molar-refractivity contribution is 0.343. The molecule has 2 aromatic heterocycles. The summed E-state index contributed by atoms with van der Waals surface area (Å²) in [4.78, 5) is 13.1. The monoisotopic (exact) mass is 605 g/mol. The summed E-state index contributed by atoms with van der Waals surface area (Å²) in [5, 5.41) is 21.0. The van der Waals surface area contributed by atoms with Crippen molar-refractivity contribution in [3.05, 3.63) is 81.7 Å². The molecule has 3 heterocycles. The fourth-order valence-corrected chi connectivity index (χ4v) is 5.47. The third-order valence-electron chi connectivity index (χ3n) is 7.36. The Hall–Kier alpha value is -4.12. The number of amidine groups is 1. The number of hydrogen-bond acceptors (Lipinski definition) is 7. The first-order valence-electron chi connectivity index (χ1n) is 13.6. The first kappa shape index (κ1) is 29.4. The number of benzene rings is 2. The lowest BCUT2D eigenvalue weighted by Gasteiger charge is -2.22. The van der Waals surface area contributed by atoms with E-state index in [2.05, 4.69) is 33.2 Å². The molecule has 7 N–H and O–H groups in total. The lowest BCUT2D eigenvalue weighted by atomic mass is 9.95. The van der Waals surface area contributed by atoms with Crippen LogP contribution in [0.1, 0.15) is 23.9 Å². The second kappa shape index (κ2) is 12.4. The van der Waals surface area contributed by atoms with Gasteiger partial charge >= 0.3 is 0 Å². The van der Waals surface area contributed by atoms with Crippen LogP contribution in [0.5, 0.6) is 0 Å². The first-order valence-corrected chi connectivity index (χ1v) is 14.3. The number of likely N-dealkylation sites (tertiary alicyclic amines) is 1. The second-order valence-corrected chi connectivity index (χ2v) is 11.2. The first-order chi connectivity index (χ1) is 20.1. The van der Waals surface area contributed by atoms with Crippen LogP contribution in [0.4, 0.5) is 17.5 Å². The van der Waals surface area contributed by atoms with Crippen LogP contribution in [-0.2, 0) is 0 Å². The third-order valence-corrected chi connectivity index (χ3v) is 8.10. The van der Waals surface area contributed by atoms with Crippen LogP contribution in [0, 0.1) is 29.6 Å². The Morgan fingerprint density at radius 1 is 1.10 bits per heavy atom. The highest BCUT2D eigenvalue weighted by molar-refractivity contribution is 6.42. The summed E-state index contributed by atoms with van der Waals surface area (Å²) in [6.45, 7) is 7.58. The highest BCUT2D eigenvalue weighted by Gasteiger charge is 2.30. The standard InChI is InChI=1S/C30H33Cl2N9O/c1-3-40-15-19(4-7-23-12-20-11-18(28(33)34)5-9-26(20)42-23)21(16-40)14-37-27-10-17(2)38-30(39-27)41(29(35)36)22-6-8-24(31)25(32)13-22/h4-13,19,21H,3,14-16H2,1-2H3,(H3,33,34)(H3,35,36)(H,37,38,39)/b7-4+.